The molecule has 0 aliphatic rings. The van der Waals surface area contributed by atoms with E-state index in [9.17, 15) is 91.7 Å². The summed E-state index contributed by atoms with van der Waals surface area (Å²) in [5.41, 5.74) is 36.4. The van der Waals surface area contributed by atoms with Gasteiger partial charge in [0.25, 0.3) is 0 Å². The van der Waals surface area contributed by atoms with Crippen molar-refractivity contribution >= 4 is 148 Å². The molecule has 0 fully saturated rings. The number of aromatic hydroxyl groups is 1. The summed E-state index contributed by atoms with van der Waals surface area (Å²) in [6.45, 7) is 20.4. The highest BCUT2D eigenvalue weighted by atomic mass is 32.2. The molecule has 3 rings (SSSR count). The molecule has 0 aliphatic carbocycles. The van der Waals surface area contributed by atoms with E-state index in [1.807, 2.05) is 18.2 Å². The van der Waals surface area contributed by atoms with E-state index in [1.165, 1.54) is 36.0 Å². The number of carboxylic acid groups (broad SMARTS) is 1. The number of rotatable bonds is 68. The Bertz CT molecular complexity index is 4570. The molecule has 0 radical (unpaired) electrons. The number of carbonyl (C=O) groups excluding carboxylic acids is 16. The van der Waals surface area contributed by atoms with E-state index in [2.05, 4.69) is 108 Å². The summed E-state index contributed by atoms with van der Waals surface area (Å²) >= 11 is 5.36. The number of carbonyl (C=O) groups is 17. The van der Waals surface area contributed by atoms with E-state index in [4.69, 9.17) is 45.2 Å². The monoisotopic (exact) mass is 2010 g/mol. The first-order valence-electron chi connectivity index (χ1n) is 48.0. The molecule has 16 amide bonds. The van der Waals surface area contributed by atoms with Crippen LogP contribution in [-0.2, 0) is 94.3 Å². The van der Waals surface area contributed by atoms with Crippen LogP contribution in [0.25, 0.3) is 10.9 Å². The minimum absolute atomic E-state index is 0.00516. The number of carboxylic acids is 1. The molecule has 784 valence electrons. The number of fused-ring (bicyclic) bond motifs is 1. The molecule has 0 aliphatic heterocycles. The van der Waals surface area contributed by atoms with Crippen LogP contribution in [0.3, 0.4) is 0 Å². The Hall–Kier alpha value is -12.1. The quantitative estimate of drug-likeness (QED) is 0.0128. The van der Waals surface area contributed by atoms with Crippen molar-refractivity contribution in [3.8, 4) is 5.75 Å². The highest BCUT2D eigenvalue weighted by Gasteiger charge is 2.41. The van der Waals surface area contributed by atoms with Crippen molar-refractivity contribution in [2.75, 3.05) is 50.5 Å². The average molecular weight is 2010 g/mol. The number of amides is 16. The maximum Gasteiger partial charge on any atom is 0.327 e. The summed E-state index contributed by atoms with van der Waals surface area (Å²) in [5.74, 6) is -19.5. The molecule has 34 N–H and O–H groups in total. The molecule has 0 spiro atoms. The molecule has 45 nitrogen and oxygen atoms in total. The number of aromatic nitrogens is 1. The predicted molar refractivity (Wildman–Crippen MR) is 536 cm³/mol. The lowest BCUT2D eigenvalue weighted by Crippen LogP contribution is -2.62. The minimum atomic E-state index is -1.81. The number of nitrogens with two attached hydrogens (primary N) is 6. The van der Waals surface area contributed by atoms with E-state index in [-0.39, 0.29) is 138 Å². The van der Waals surface area contributed by atoms with E-state index >= 15 is 0 Å². The number of H-pyrrole nitrogens is 1. The van der Waals surface area contributed by atoms with E-state index < -0.39 is 234 Å². The van der Waals surface area contributed by atoms with Gasteiger partial charge < -0.3 is 140 Å². The Kier molecular flexibility index (Phi) is 56.0. The topological polar surface area (TPSA) is 755 Å². The van der Waals surface area contributed by atoms with Crippen LogP contribution >= 0.6 is 24.4 Å². The fraction of sp³-hybridized carbons (Fsp3) is 0.645. The van der Waals surface area contributed by atoms with Crippen LogP contribution in [0.1, 0.15) is 203 Å². The molecule has 3 aromatic rings. The summed E-state index contributed by atoms with van der Waals surface area (Å²) in [7, 11) is 0. The Labute approximate surface area is 829 Å². The second-order valence-electron chi connectivity index (χ2n) is 36.5. The first-order valence-corrected chi connectivity index (χ1v) is 50.0. The number of nitrogens with one attached hydrogen (secondary N) is 20. The molecule has 140 heavy (non-hydrogen) atoms. The Balaban J connectivity index is 1.92. The number of hydrogen-bond donors (Lipinski definition) is 29. The molecule has 1 heterocycles. The first kappa shape index (κ1) is 122. The standard InChI is InChI=1S/C93H156N26O19S2/c1-14-52(10)74(119-90(136)76(54(12)16-3)118-86(132)68(44-56-46-104-60-27-18-17-25-58(56)60)112-80(126)62(29-23-38-102-92(98)99)107-77(123)59(96)26-19-21-36-94)88(134)114-65(41-49(4)5)78(124)105-47-72(122)106-66(42-50(6)7)83(129)113-69(45-71(97)121)85(131)108-61(28-20-22-37-95)82(128)117-75(53(11)15-2)89(135)116-73(51(8)9)87(133)110-63(30-24-39-103-93(100)101)79(125)109-64(35-40-140-13)81(127)111-67(43-55-31-33-57(120)34-32-55)84(130)115-70(48-139)91(137)138/h17-18,25,27,31-34,46,49-54,59,61-70,73-76,104,120,139H,14-16,19-24,26,28-30,35-45,47-48,94-96H2,1-13H3,(H2,97,121)(H,105,124)(H,106,122)(H,107,123)(H,108,131)(H,109,125)(H,110,133)(H,111,127)(H,112,126)(H,113,129)(H,114,134)(H,115,130)(H,116,135)(H,117,128)(H,118,132)(H,119,136)(H,137,138)(H4,98,99,102)(H4,100,101,103)/t52-,53-,54-,59-,61-,62-,63-,64-,65-,66-,67-,68-,69-,70-,73-,74-,75-,76-/m0/s1. The van der Waals surface area contributed by atoms with Gasteiger partial charge in [-0.05, 0) is 167 Å². The van der Waals surface area contributed by atoms with Gasteiger partial charge in [0.2, 0.25) is 94.5 Å². The summed E-state index contributed by atoms with van der Waals surface area (Å²) < 4.78 is 0. The van der Waals surface area contributed by atoms with Gasteiger partial charge in [0.1, 0.15) is 90.3 Å². The zero-order valence-corrected chi connectivity index (χ0v) is 84.6. The minimum Gasteiger partial charge on any atom is -0.508 e. The molecular formula is C93H156N26O19S2. The normalized spacial score (nSPS) is 15.2. The third kappa shape index (κ3) is 44.2. The number of primary amides is 1. The lowest BCUT2D eigenvalue weighted by Gasteiger charge is -2.31. The summed E-state index contributed by atoms with van der Waals surface area (Å²) in [5, 5.41) is 81.0. The van der Waals surface area contributed by atoms with Gasteiger partial charge in [-0.25, -0.2) is 4.79 Å². The second kappa shape index (κ2) is 64.3. The van der Waals surface area contributed by atoms with E-state index in [0.29, 0.717) is 49.8 Å². The molecule has 47 heteroatoms. The maximum atomic E-state index is 15.0. The van der Waals surface area contributed by atoms with Gasteiger partial charge in [-0.3, -0.25) is 87.5 Å². The molecular weight excluding hydrogens is 1850 g/mol. The van der Waals surface area contributed by atoms with Crippen LogP contribution in [0.2, 0.25) is 0 Å². The van der Waals surface area contributed by atoms with Crippen molar-refractivity contribution in [2.45, 2.75) is 296 Å². The highest BCUT2D eigenvalue weighted by Crippen LogP contribution is 2.23. The number of para-hydroxylation sites is 1. The van der Waals surface area contributed by atoms with E-state index in [0.717, 1.165) is 10.9 Å². The molecule has 0 saturated heterocycles. The van der Waals surface area contributed by atoms with Crippen LogP contribution < -0.4 is 125 Å². The van der Waals surface area contributed by atoms with Gasteiger partial charge in [-0.15, -0.1) is 0 Å². The number of unbranched alkanes of at least 4 members (excludes halogenated alkanes) is 2. The van der Waals surface area contributed by atoms with Crippen LogP contribution in [0, 0.1) is 46.3 Å². The molecule has 0 bridgehead atoms. The average Bonchev–Trinajstić information content (AvgIpc) is 1.66. The molecule has 0 saturated carbocycles. The summed E-state index contributed by atoms with van der Waals surface area (Å²) in [6, 6.07) is -8.06. The van der Waals surface area contributed by atoms with Crippen molar-refractivity contribution in [3.63, 3.8) is 0 Å². The molecule has 2 aromatic carbocycles. The largest absolute Gasteiger partial charge is 0.508 e. The van der Waals surface area contributed by atoms with Gasteiger partial charge in [0.15, 0.2) is 11.9 Å². The van der Waals surface area contributed by atoms with Crippen LogP contribution in [-0.4, -0.2) is 269 Å². The number of guanidine groups is 2. The van der Waals surface area contributed by atoms with E-state index in [1.54, 1.807) is 102 Å². The summed E-state index contributed by atoms with van der Waals surface area (Å²) in [4.78, 5) is 245. The first-order chi connectivity index (χ1) is 66.2. The highest BCUT2D eigenvalue weighted by molar-refractivity contribution is 7.98. The van der Waals surface area contributed by atoms with Crippen molar-refractivity contribution in [1.82, 2.24) is 95.4 Å². The van der Waals surface area contributed by atoms with Crippen molar-refractivity contribution in [3.05, 3.63) is 65.9 Å². The van der Waals surface area contributed by atoms with Gasteiger partial charge in [0.05, 0.1) is 19.0 Å². The van der Waals surface area contributed by atoms with Gasteiger partial charge >= 0.3 is 5.97 Å². The van der Waals surface area contributed by atoms with Crippen molar-refractivity contribution in [2.24, 2.45) is 69.9 Å². The Morgan fingerprint density at radius 1 is 0.421 bits per heavy atom. The fourth-order valence-electron chi connectivity index (χ4n) is 14.9. The van der Waals surface area contributed by atoms with Crippen LogP contribution in [0.5, 0.6) is 5.75 Å². The Morgan fingerprint density at radius 2 is 0.800 bits per heavy atom. The Morgan fingerprint density at radius 3 is 1.26 bits per heavy atom. The second-order valence-corrected chi connectivity index (χ2v) is 37.9. The van der Waals surface area contributed by atoms with Gasteiger partial charge in [-0.2, -0.15) is 24.4 Å². The SMILES string of the molecule is CC[C@H](C)[C@H](NC(=O)[C@H](CCCCN)NC(=O)[C@H](CC(N)=O)NC(=O)[C@H](CC(C)C)NC(=O)CNC(=O)[C@H](CC(C)C)NC(=O)[C@@H](NC(=O)[C@@H](NC(=O)[C@H](Cc1c[nH]c2ccccc12)NC(=O)[C@H](CCCNC(=N)N)NC(=O)[C@@H](N)CCCCN)[C@@H](C)CC)[C@@H](C)CC)C(=O)N[C@H](C(=O)N[C@@H](CCCNC(=N)N)C(=O)N[C@@H](CCSC)C(=O)N[C@@H](Cc1ccc(O)cc1)C(=O)N[C@@H](CS)C(=O)O)C(C)C. The molecule has 18 atom stereocenters. The number of aliphatic carboxylic acids is 1. The number of phenols is 1. The molecule has 0 unspecified atom stereocenters. The zero-order chi connectivity index (χ0) is 105. The fourth-order valence-corrected chi connectivity index (χ4v) is 15.6. The molecule has 1 aromatic heterocycles. The lowest BCUT2D eigenvalue weighted by atomic mass is 9.94. The van der Waals surface area contributed by atoms with Crippen molar-refractivity contribution < 1.29 is 91.7 Å². The number of aromatic amines is 1. The number of thiol groups is 1. The smallest absolute Gasteiger partial charge is 0.327 e. The number of phenolic OH excluding ortho intramolecular Hbond substituents is 1. The lowest BCUT2D eigenvalue weighted by molar-refractivity contribution is -0.141. The van der Waals surface area contributed by atoms with Crippen molar-refractivity contribution in [1.29, 1.82) is 10.8 Å². The van der Waals surface area contributed by atoms with Gasteiger partial charge in [-0.1, -0.05) is 139 Å². The van der Waals surface area contributed by atoms with Crippen LogP contribution in [0.15, 0.2) is 54.7 Å². The number of hydrogen-bond acceptors (Lipinski definition) is 25. The maximum absolute atomic E-state index is 15.0. The van der Waals surface area contributed by atoms with Gasteiger partial charge in [0, 0.05) is 48.8 Å². The zero-order valence-electron chi connectivity index (χ0n) is 82.9. The van der Waals surface area contributed by atoms with Crippen LogP contribution in [0.4, 0.5) is 0 Å². The number of benzene rings is 2. The number of thioether (sulfide) groups is 1. The third-order valence-corrected chi connectivity index (χ3v) is 24.7. The summed E-state index contributed by atoms with van der Waals surface area (Å²) in [6.07, 6.45) is 5.14. The predicted octanol–water partition coefficient (Wildman–Crippen LogP) is -1.80. The third-order valence-electron chi connectivity index (χ3n) is 23.7.